The molecule has 0 bridgehead atoms. The van der Waals surface area contributed by atoms with Gasteiger partial charge in [-0.25, -0.2) is 4.79 Å². The van der Waals surface area contributed by atoms with Crippen molar-refractivity contribution in [2.45, 2.75) is 42.7 Å². The van der Waals surface area contributed by atoms with Crippen LogP contribution in [0.1, 0.15) is 48.2 Å². The first-order valence-electron chi connectivity index (χ1n) is 8.52. The van der Waals surface area contributed by atoms with E-state index in [4.69, 9.17) is 0 Å². The molecule has 2 aromatic rings. The van der Waals surface area contributed by atoms with Gasteiger partial charge in [-0.3, -0.25) is 4.68 Å². The van der Waals surface area contributed by atoms with E-state index in [0.29, 0.717) is 0 Å². The molecule has 2 aliphatic rings. The van der Waals surface area contributed by atoms with Crippen molar-refractivity contribution in [1.29, 1.82) is 0 Å². The molecular formula is C18H22N4OS. The van der Waals surface area contributed by atoms with E-state index >= 15 is 0 Å². The molecule has 0 radical (unpaired) electrons. The molecule has 0 saturated heterocycles. The zero-order chi connectivity index (χ0) is 16.5. The number of hydrogen-bond donors (Lipinski definition) is 2. The number of fused-ring (bicyclic) bond motifs is 2. The molecule has 2 N–H and O–H groups in total. The Labute approximate surface area is 146 Å². The van der Waals surface area contributed by atoms with Crippen molar-refractivity contribution in [3.05, 3.63) is 47.3 Å². The molecule has 2 unspecified atom stereocenters. The Bertz CT molecular complexity index is 757. The molecule has 0 fully saturated rings. The second-order valence-electron chi connectivity index (χ2n) is 6.46. The van der Waals surface area contributed by atoms with Crippen LogP contribution in [0.3, 0.4) is 0 Å². The van der Waals surface area contributed by atoms with Crippen LogP contribution < -0.4 is 10.6 Å². The number of urea groups is 1. The molecule has 0 spiro atoms. The molecule has 1 aromatic carbocycles. The first-order chi connectivity index (χ1) is 11.7. The fourth-order valence-electron chi connectivity index (χ4n) is 3.71. The van der Waals surface area contributed by atoms with E-state index < -0.39 is 0 Å². The minimum absolute atomic E-state index is 0.0654. The summed E-state index contributed by atoms with van der Waals surface area (Å²) in [7, 11) is 1.97. The normalized spacial score (nSPS) is 22.4. The van der Waals surface area contributed by atoms with Crippen molar-refractivity contribution in [3.63, 3.8) is 0 Å². The number of amides is 2. The van der Waals surface area contributed by atoms with Crippen LogP contribution >= 0.6 is 11.8 Å². The highest BCUT2D eigenvalue weighted by atomic mass is 32.2. The third-order valence-electron chi connectivity index (χ3n) is 4.94. The minimum Gasteiger partial charge on any atom is -0.331 e. The summed E-state index contributed by atoms with van der Waals surface area (Å²) in [6.45, 7) is 0. The van der Waals surface area contributed by atoms with Crippen LogP contribution in [0.4, 0.5) is 4.79 Å². The van der Waals surface area contributed by atoms with Crippen molar-refractivity contribution in [2.75, 3.05) is 5.75 Å². The lowest BCUT2D eigenvalue weighted by atomic mass is 9.93. The summed E-state index contributed by atoms with van der Waals surface area (Å²) in [5.41, 5.74) is 3.64. The number of aromatic nitrogens is 2. The Hall–Kier alpha value is -1.95. The number of aryl methyl sites for hydroxylation is 1. The fourth-order valence-corrected chi connectivity index (χ4v) is 4.83. The molecule has 1 aliphatic carbocycles. The van der Waals surface area contributed by atoms with Crippen molar-refractivity contribution in [3.8, 4) is 0 Å². The van der Waals surface area contributed by atoms with Gasteiger partial charge < -0.3 is 10.6 Å². The highest BCUT2D eigenvalue weighted by molar-refractivity contribution is 7.99. The lowest BCUT2D eigenvalue weighted by Crippen LogP contribution is -2.41. The summed E-state index contributed by atoms with van der Waals surface area (Å²) in [5.74, 6) is 1.04. The smallest absolute Gasteiger partial charge is 0.315 e. The van der Waals surface area contributed by atoms with Crippen LogP contribution in [0.2, 0.25) is 0 Å². The molecule has 5 nitrogen and oxygen atoms in total. The van der Waals surface area contributed by atoms with E-state index in [2.05, 4.69) is 33.9 Å². The molecule has 4 rings (SSSR count). The zero-order valence-corrected chi connectivity index (χ0v) is 14.6. The van der Waals surface area contributed by atoms with Gasteiger partial charge in [-0.05, 0) is 37.3 Å². The topological polar surface area (TPSA) is 59.0 Å². The summed E-state index contributed by atoms with van der Waals surface area (Å²) in [6, 6.07) is 8.43. The lowest BCUT2D eigenvalue weighted by Gasteiger charge is -2.28. The Kier molecular flexibility index (Phi) is 4.22. The SMILES string of the molecule is Cn1ncc2c1CCCC2NC(=O)NC1CCSc2ccccc21. The van der Waals surface area contributed by atoms with Crippen molar-refractivity contribution < 1.29 is 4.79 Å². The molecule has 2 atom stereocenters. The molecule has 1 aliphatic heterocycles. The molecule has 6 heteroatoms. The maximum absolute atomic E-state index is 12.5. The van der Waals surface area contributed by atoms with E-state index in [1.165, 1.54) is 21.7 Å². The van der Waals surface area contributed by atoms with Gasteiger partial charge in [-0.15, -0.1) is 11.8 Å². The van der Waals surface area contributed by atoms with Crippen LogP contribution in [-0.2, 0) is 13.5 Å². The molecular weight excluding hydrogens is 320 g/mol. The maximum atomic E-state index is 12.5. The van der Waals surface area contributed by atoms with Gasteiger partial charge in [-0.2, -0.15) is 5.10 Å². The highest BCUT2D eigenvalue weighted by Crippen LogP contribution is 2.36. The van der Waals surface area contributed by atoms with Gasteiger partial charge in [-0.1, -0.05) is 18.2 Å². The third-order valence-corrected chi connectivity index (χ3v) is 6.07. The Balaban J connectivity index is 1.45. The maximum Gasteiger partial charge on any atom is 0.315 e. The van der Waals surface area contributed by atoms with Crippen molar-refractivity contribution >= 4 is 17.8 Å². The number of nitrogens with zero attached hydrogens (tertiary/aromatic N) is 2. The fraction of sp³-hybridized carbons (Fsp3) is 0.444. The molecule has 126 valence electrons. The quantitative estimate of drug-likeness (QED) is 0.880. The van der Waals surface area contributed by atoms with Crippen LogP contribution in [0, 0.1) is 0 Å². The predicted molar refractivity (Wildman–Crippen MR) is 95.1 cm³/mol. The van der Waals surface area contributed by atoms with E-state index in [1.54, 1.807) is 0 Å². The number of benzene rings is 1. The summed E-state index contributed by atoms with van der Waals surface area (Å²) < 4.78 is 1.93. The predicted octanol–water partition coefficient (Wildman–Crippen LogP) is 3.33. The Morgan fingerprint density at radius 2 is 2.00 bits per heavy atom. The van der Waals surface area contributed by atoms with Gasteiger partial charge in [0.2, 0.25) is 0 Å². The molecule has 0 saturated carbocycles. The minimum atomic E-state index is -0.0802. The third kappa shape index (κ3) is 2.90. The monoisotopic (exact) mass is 342 g/mol. The Morgan fingerprint density at radius 3 is 2.88 bits per heavy atom. The van der Waals surface area contributed by atoms with Gasteiger partial charge in [0.25, 0.3) is 0 Å². The standard InChI is InChI=1S/C18H22N4OS/c1-22-16-7-4-6-14(13(16)11-19-22)20-18(23)21-15-9-10-24-17-8-3-2-5-12(15)17/h2-3,5,8,11,14-15H,4,6-7,9-10H2,1H3,(H2,20,21,23). The van der Waals surface area contributed by atoms with Crippen LogP contribution in [0.5, 0.6) is 0 Å². The van der Waals surface area contributed by atoms with Crippen molar-refractivity contribution in [2.24, 2.45) is 7.05 Å². The Morgan fingerprint density at radius 1 is 1.21 bits per heavy atom. The number of nitrogens with one attached hydrogen (secondary N) is 2. The second kappa shape index (κ2) is 6.51. The summed E-state index contributed by atoms with van der Waals surface area (Å²) in [6.07, 6.45) is 5.96. The largest absolute Gasteiger partial charge is 0.331 e. The van der Waals surface area contributed by atoms with Gasteiger partial charge in [0.15, 0.2) is 0 Å². The number of carbonyl (C=O) groups excluding carboxylic acids is 1. The number of carbonyl (C=O) groups is 1. The van der Waals surface area contributed by atoms with E-state index in [1.807, 2.05) is 35.8 Å². The highest BCUT2D eigenvalue weighted by Gasteiger charge is 2.27. The molecule has 2 heterocycles. The summed E-state index contributed by atoms with van der Waals surface area (Å²) in [5, 5.41) is 10.7. The lowest BCUT2D eigenvalue weighted by molar-refractivity contribution is 0.231. The number of hydrogen-bond acceptors (Lipinski definition) is 3. The van der Waals surface area contributed by atoms with Gasteiger partial charge in [0.1, 0.15) is 0 Å². The molecule has 2 amide bonds. The van der Waals surface area contributed by atoms with Crippen LogP contribution in [-0.4, -0.2) is 21.6 Å². The average Bonchev–Trinajstić information content (AvgIpc) is 2.98. The summed E-state index contributed by atoms with van der Waals surface area (Å²) >= 11 is 1.87. The number of thioether (sulfide) groups is 1. The van der Waals surface area contributed by atoms with Gasteiger partial charge in [0, 0.05) is 29.0 Å². The number of rotatable bonds is 2. The van der Waals surface area contributed by atoms with Gasteiger partial charge in [0.05, 0.1) is 18.3 Å². The second-order valence-corrected chi connectivity index (χ2v) is 7.60. The van der Waals surface area contributed by atoms with E-state index in [9.17, 15) is 4.79 Å². The van der Waals surface area contributed by atoms with E-state index in [0.717, 1.165) is 31.4 Å². The first kappa shape index (κ1) is 15.6. The van der Waals surface area contributed by atoms with E-state index in [-0.39, 0.29) is 18.1 Å². The average molecular weight is 342 g/mol. The van der Waals surface area contributed by atoms with Crippen molar-refractivity contribution in [1.82, 2.24) is 20.4 Å². The van der Waals surface area contributed by atoms with Crippen LogP contribution in [0.15, 0.2) is 35.4 Å². The first-order valence-corrected chi connectivity index (χ1v) is 9.50. The molecule has 24 heavy (non-hydrogen) atoms. The molecule has 1 aromatic heterocycles. The zero-order valence-electron chi connectivity index (χ0n) is 13.8. The summed E-state index contributed by atoms with van der Waals surface area (Å²) in [4.78, 5) is 13.8. The van der Waals surface area contributed by atoms with Crippen LogP contribution in [0.25, 0.3) is 0 Å². The van der Waals surface area contributed by atoms with Gasteiger partial charge >= 0.3 is 6.03 Å².